The SMILES string of the molecule is CC(C1=CN(C(=O)O)C=CO1)C1=C(Cc2cc(C3OC(CO)C(O)C(O)C3O)ccc2Cl)C=CCC1. The molecular weight excluding hydrogens is 490 g/mol. The molecular formula is C26H30ClNO8. The first-order chi connectivity index (χ1) is 17.2. The van der Waals surface area contributed by atoms with Gasteiger partial charge in [-0.3, -0.25) is 4.90 Å². The summed E-state index contributed by atoms with van der Waals surface area (Å²) in [5, 5.41) is 50.1. The number of amides is 1. The molecule has 1 saturated heterocycles. The summed E-state index contributed by atoms with van der Waals surface area (Å²) in [6.07, 6.45) is 2.96. The van der Waals surface area contributed by atoms with Crippen molar-refractivity contribution < 1.29 is 39.8 Å². The van der Waals surface area contributed by atoms with E-state index in [0.717, 1.165) is 34.5 Å². The molecule has 1 amide bonds. The molecule has 0 spiro atoms. The van der Waals surface area contributed by atoms with Gasteiger partial charge in [0.15, 0.2) is 0 Å². The molecule has 2 heterocycles. The minimum atomic E-state index is -1.47. The van der Waals surface area contributed by atoms with Gasteiger partial charge in [-0.15, -0.1) is 0 Å². The lowest BCUT2D eigenvalue weighted by Crippen LogP contribution is -2.55. The zero-order valence-electron chi connectivity index (χ0n) is 19.7. The number of carboxylic acid groups (broad SMARTS) is 1. The van der Waals surface area contributed by atoms with Crippen LogP contribution in [0.2, 0.25) is 5.02 Å². The molecule has 1 fully saturated rings. The summed E-state index contributed by atoms with van der Waals surface area (Å²) < 4.78 is 11.3. The van der Waals surface area contributed by atoms with Gasteiger partial charge in [0.25, 0.3) is 0 Å². The third kappa shape index (κ3) is 5.36. The number of carbonyl (C=O) groups is 1. The van der Waals surface area contributed by atoms with E-state index in [-0.39, 0.29) is 5.92 Å². The Morgan fingerprint density at radius 1 is 1.22 bits per heavy atom. The molecule has 36 heavy (non-hydrogen) atoms. The van der Waals surface area contributed by atoms with Crippen molar-refractivity contribution in [2.24, 2.45) is 5.92 Å². The van der Waals surface area contributed by atoms with Crippen molar-refractivity contribution in [2.75, 3.05) is 6.61 Å². The summed E-state index contributed by atoms with van der Waals surface area (Å²) in [6, 6.07) is 5.16. The molecule has 2 aliphatic heterocycles. The maximum absolute atomic E-state index is 11.4. The minimum Gasteiger partial charge on any atom is -0.466 e. The number of hydrogen-bond acceptors (Lipinski definition) is 7. The Morgan fingerprint density at radius 2 is 2.00 bits per heavy atom. The molecule has 0 saturated carbocycles. The Bertz CT molecular complexity index is 1110. The standard InChI is InChI=1S/C26H30ClNO8/c1-14(20-12-28(26(33)34)8-9-35-20)18-5-3-2-4-15(18)10-17-11-16(6-7-19(17)27)25-24(32)23(31)22(30)21(13-29)36-25/h2,4,6-9,11-12,14,21-25,29-32H,3,5,10,13H2,1H3,(H,33,34). The summed E-state index contributed by atoms with van der Waals surface area (Å²) in [5.74, 6) is 0.341. The second-order valence-electron chi connectivity index (χ2n) is 9.11. The number of halogens is 1. The quantitative estimate of drug-likeness (QED) is 0.386. The molecule has 1 aromatic carbocycles. The molecule has 1 aromatic rings. The van der Waals surface area contributed by atoms with Crippen LogP contribution in [0.3, 0.4) is 0 Å². The van der Waals surface area contributed by atoms with Crippen molar-refractivity contribution in [3.05, 3.63) is 82.1 Å². The van der Waals surface area contributed by atoms with E-state index in [9.17, 15) is 30.3 Å². The lowest BCUT2D eigenvalue weighted by Gasteiger charge is -2.40. The van der Waals surface area contributed by atoms with Crippen LogP contribution in [0.15, 0.2) is 65.9 Å². The zero-order chi connectivity index (χ0) is 26.0. The van der Waals surface area contributed by atoms with Crippen LogP contribution in [0.4, 0.5) is 4.79 Å². The van der Waals surface area contributed by atoms with Gasteiger partial charge >= 0.3 is 6.09 Å². The van der Waals surface area contributed by atoms with Gasteiger partial charge in [-0.1, -0.05) is 48.4 Å². The monoisotopic (exact) mass is 519 g/mol. The molecule has 194 valence electrons. The second-order valence-corrected chi connectivity index (χ2v) is 9.52. The van der Waals surface area contributed by atoms with Crippen LogP contribution in [0, 0.1) is 5.92 Å². The van der Waals surface area contributed by atoms with Crippen molar-refractivity contribution >= 4 is 17.7 Å². The highest BCUT2D eigenvalue weighted by Crippen LogP contribution is 2.37. The predicted molar refractivity (Wildman–Crippen MR) is 131 cm³/mol. The third-order valence-electron chi connectivity index (χ3n) is 6.85. The first-order valence-electron chi connectivity index (χ1n) is 11.7. The van der Waals surface area contributed by atoms with Crippen LogP contribution in [0.1, 0.15) is 37.0 Å². The van der Waals surface area contributed by atoms with Gasteiger partial charge in [0.2, 0.25) is 0 Å². The Balaban J connectivity index is 1.62. The Labute approximate surface area is 213 Å². The maximum atomic E-state index is 11.4. The molecule has 5 N–H and O–H groups in total. The van der Waals surface area contributed by atoms with Crippen LogP contribution in [-0.4, -0.2) is 67.5 Å². The number of rotatable bonds is 6. The average Bonchev–Trinajstić information content (AvgIpc) is 2.89. The van der Waals surface area contributed by atoms with Crippen LogP contribution in [0.5, 0.6) is 0 Å². The van der Waals surface area contributed by atoms with Gasteiger partial charge in [0, 0.05) is 10.9 Å². The highest BCUT2D eigenvalue weighted by atomic mass is 35.5. The highest BCUT2D eigenvalue weighted by Gasteiger charge is 2.44. The van der Waals surface area contributed by atoms with Crippen molar-refractivity contribution in [1.29, 1.82) is 0 Å². The number of allylic oxidation sites excluding steroid dienone is 4. The van der Waals surface area contributed by atoms with Crippen molar-refractivity contribution in [3.8, 4) is 0 Å². The first kappa shape index (κ1) is 26.4. The minimum absolute atomic E-state index is 0.177. The normalized spacial score (nSPS) is 29.1. The molecule has 4 rings (SSSR count). The summed E-state index contributed by atoms with van der Waals surface area (Å²) in [5.41, 5.74) is 3.44. The topological polar surface area (TPSA) is 140 Å². The average molecular weight is 520 g/mol. The van der Waals surface area contributed by atoms with E-state index in [1.165, 1.54) is 18.7 Å². The highest BCUT2D eigenvalue weighted by molar-refractivity contribution is 6.31. The summed E-state index contributed by atoms with van der Waals surface area (Å²) in [7, 11) is 0. The Kier molecular flexibility index (Phi) is 8.19. The van der Waals surface area contributed by atoms with Gasteiger partial charge in [-0.05, 0) is 42.0 Å². The van der Waals surface area contributed by atoms with Crippen LogP contribution in [-0.2, 0) is 15.9 Å². The van der Waals surface area contributed by atoms with Gasteiger partial charge < -0.3 is 35.0 Å². The van der Waals surface area contributed by atoms with E-state index in [2.05, 4.69) is 6.08 Å². The first-order valence-corrected chi connectivity index (χ1v) is 12.1. The molecule has 0 bridgehead atoms. The molecule has 1 aliphatic carbocycles. The zero-order valence-corrected chi connectivity index (χ0v) is 20.5. The second kappa shape index (κ2) is 11.2. The van der Waals surface area contributed by atoms with Crippen molar-refractivity contribution in [1.82, 2.24) is 4.90 Å². The van der Waals surface area contributed by atoms with Crippen molar-refractivity contribution in [2.45, 2.75) is 56.7 Å². The summed E-state index contributed by atoms with van der Waals surface area (Å²) in [6.45, 7) is 1.46. The number of aliphatic hydroxyl groups excluding tert-OH is 4. The van der Waals surface area contributed by atoms with E-state index in [0.29, 0.717) is 22.8 Å². The molecule has 10 heteroatoms. The predicted octanol–water partition coefficient (Wildman–Crippen LogP) is 3.00. The van der Waals surface area contributed by atoms with Crippen LogP contribution >= 0.6 is 11.6 Å². The molecule has 6 unspecified atom stereocenters. The van der Waals surface area contributed by atoms with Gasteiger partial charge in [0.05, 0.1) is 19.0 Å². The third-order valence-corrected chi connectivity index (χ3v) is 7.21. The number of hydrogen-bond donors (Lipinski definition) is 5. The van der Waals surface area contributed by atoms with Crippen LogP contribution in [0.25, 0.3) is 0 Å². The number of aliphatic hydroxyl groups is 4. The van der Waals surface area contributed by atoms with Gasteiger partial charge in [-0.2, -0.15) is 0 Å². The largest absolute Gasteiger partial charge is 0.466 e. The van der Waals surface area contributed by atoms with Gasteiger partial charge in [0.1, 0.15) is 42.5 Å². The molecule has 3 aliphatic rings. The fourth-order valence-corrected chi connectivity index (χ4v) is 4.96. The van der Waals surface area contributed by atoms with E-state index in [1.807, 2.05) is 13.0 Å². The van der Waals surface area contributed by atoms with E-state index >= 15 is 0 Å². The molecule has 0 radical (unpaired) electrons. The van der Waals surface area contributed by atoms with Crippen molar-refractivity contribution in [3.63, 3.8) is 0 Å². The fourth-order valence-electron chi connectivity index (χ4n) is 4.78. The molecule has 6 atom stereocenters. The number of benzene rings is 1. The van der Waals surface area contributed by atoms with E-state index in [4.69, 9.17) is 21.1 Å². The maximum Gasteiger partial charge on any atom is 0.415 e. The number of nitrogens with zero attached hydrogens (tertiary/aromatic N) is 1. The smallest absolute Gasteiger partial charge is 0.415 e. The lowest BCUT2D eigenvalue weighted by atomic mass is 9.84. The Morgan fingerprint density at radius 3 is 2.72 bits per heavy atom. The fraction of sp³-hybridized carbons (Fsp3) is 0.423. The van der Waals surface area contributed by atoms with E-state index in [1.54, 1.807) is 18.2 Å². The number of ether oxygens (including phenoxy) is 2. The lowest BCUT2D eigenvalue weighted by molar-refractivity contribution is -0.231. The van der Waals surface area contributed by atoms with Gasteiger partial charge in [-0.25, -0.2) is 4.79 Å². The Hall–Kier alpha value is -2.66. The summed E-state index contributed by atoms with van der Waals surface area (Å²) in [4.78, 5) is 12.4. The molecule has 9 nitrogen and oxygen atoms in total. The summed E-state index contributed by atoms with van der Waals surface area (Å²) >= 11 is 6.53. The van der Waals surface area contributed by atoms with Crippen LogP contribution < -0.4 is 0 Å². The molecule has 0 aromatic heterocycles. The van der Waals surface area contributed by atoms with E-state index < -0.39 is 43.2 Å².